The van der Waals surface area contributed by atoms with E-state index in [0.29, 0.717) is 6.61 Å². The maximum absolute atomic E-state index is 10.6. The van der Waals surface area contributed by atoms with Crippen molar-refractivity contribution >= 4 is 6.29 Å². The van der Waals surface area contributed by atoms with Crippen molar-refractivity contribution in [1.82, 2.24) is 0 Å². The lowest BCUT2D eigenvalue weighted by Crippen LogP contribution is -2.23. The highest BCUT2D eigenvalue weighted by Crippen LogP contribution is 2.40. The van der Waals surface area contributed by atoms with E-state index in [1.165, 1.54) is 11.1 Å². The van der Waals surface area contributed by atoms with Gasteiger partial charge < -0.3 is 14.3 Å². The molecule has 1 heterocycles. The predicted molar refractivity (Wildman–Crippen MR) is 65.5 cm³/mol. The number of hydrogen-bond acceptors (Lipinski definition) is 3. The molecule has 0 aromatic heterocycles. The summed E-state index contributed by atoms with van der Waals surface area (Å²) in [5.74, 6) is 0. The molecular formula is C14H20O3. The number of allylic oxidation sites excluding steroid dienone is 3. The van der Waals surface area contributed by atoms with E-state index in [2.05, 4.69) is 32.9 Å². The van der Waals surface area contributed by atoms with Gasteiger partial charge in [0.05, 0.1) is 6.61 Å². The summed E-state index contributed by atoms with van der Waals surface area (Å²) in [6.07, 6.45) is 6.34. The molecule has 2 aliphatic rings. The molecule has 3 heteroatoms. The summed E-state index contributed by atoms with van der Waals surface area (Å²) in [5.41, 5.74) is 2.82. The second kappa shape index (κ2) is 4.75. The van der Waals surface area contributed by atoms with Gasteiger partial charge in [0, 0.05) is 6.42 Å². The van der Waals surface area contributed by atoms with Gasteiger partial charge in [0.25, 0.3) is 0 Å². The Labute approximate surface area is 102 Å². The Kier molecular flexibility index (Phi) is 3.50. The minimum Gasteiger partial charge on any atom is -0.349 e. The zero-order valence-corrected chi connectivity index (χ0v) is 10.7. The van der Waals surface area contributed by atoms with Gasteiger partial charge >= 0.3 is 0 Å². The van der Waals surface area contributed by atoms with Gasteiger partial charge in [-0.1, -0.05) is 37.1 Å². The quantitative estimate of drug-likeness (QED) is 0.707. The largest absolute Gasteiger partial charge is 0.349 e. The smallest absolute Gasteiger partial charge is 0.162 e. The molecule has 1 aliphatic carbocycles. The van der Waals surface area contributed by atoms with Crippen LogP contribution in [0.3, 0.4) is 0 Å². The van der Waals surface area contributed by atoms with Gasteiger partial charge in [0.2, 0.25) is 0 Å². The molecule has 1 aliphatic heterocycles. The van der Waals surface area contributed by atoms with E-state index in [1.807, 2.05) is 0 Å². The van der Waals surface area contributed by atoms with E-state index in [0.717, 1.165) is 19.1 Å². The average molecular weight is 236 g/mol. The van der Waals surface area contributed by atoms with Crippen LogP contribution in [0.1, 0.15) is 33.6 Å². The third kappa shape index (κ3) is 2.67. The monoisotopic (exact) mass is 236 g/mol. The summed E-state index contributed by atoms with van der Waals surface area (Å²) in [6.45, 7) is 6.98. The number of carbonyl (C=O) groups excluding carboxylic acids is 1. The molecule has 0 radical (unpaired) electrons. The van der Waals surface area contributed by atoms with Crippen molar-refractivity contribution in [3.05, 3.63) is 23.3 Å². The van der Waals surface area contributed by atoms with E-state index in [1.54, 1.807) is 0 Å². The van der Waals surface area contributed by atoms with Crippen molar-refractivity contribution in [3.8, 4) is 0 Å². The summed E-state index contributed by atoms with van der Waals surface area (Å²) in [4.78, 5) is 10.6. The van der Waals surface area contributed by atoms with Crippen LogP contribution in [0.15, 0.2) is 23.3 Å². The highest BCUT2D eigenvalue weighted by Gasteiger charge is 2.32. The molecule has 0 spiro atoms. The first-order chi connectivity index (χ1) is 8.03. The lowest BCUT2D eigenvalue weighted by Gasteiger charge is -2.32. The van der Waals surface area contributed by atoms with Crippen molar-refractivity contribution in [2.75, 3.05) is 6.61 Å². The topological polar surface area (TPSA) is 35.5 Å². The van der Waals surface area contributed by atoms with Crippen LogP contribution in [0.5, 0.6) is 0 Å². The van der Waals surface area contributed by atoms with Crippen LogP contribution in [-0.4, -0.2) is 25.3 Å². The van der Waals surface area contributed by atoms with Gasteiger partial charge in [-0.3, -0.25) is 0 Å². The second-order valence-corrected chi connectivity index (χ2v) is 5.43. The Hall–Kier alpha value is -0.930. The Morgan fingerprint density at radius 3 is 2.88 bits per heavy atom. The fourth-order valence-corrected chi connectivity index (χ4v) is 2.55. The van der Waals surface area contributed by atoms with Gasteiger partial charge in [-0.15, -0.1) is 0 Å². The van der Waals surface area contributed by atoms with Crippen molar-refractivity contribution in [2.45, 2.75) is 46.0 Å². The maximum atomic E-state index is 10.6. The molecule has 0 N–H and O–H groups in total. The summed E-state index contributed by atoms with van der Waals surface area (Å²) in [7, 11) is 0. The molecule has 2 unspecified atom stereocenters. The maximum Gasteiger partial charge on any atom is 0.162 e. The van der Waals surface area contributed by atoms with Gasteiger partial charge in [-0.05, 0) is 18.8 Å². The molecule has 1 fully saturated rings. The summed E-state index contributed by atoms with van der Waals surface area (Å²) < 4.78 is 11.0. The van der Waals surface area contributed by atoms with Crippen molar-refractivity contribution in [2.24, 2.45) is 5.41 Å². The SMILES string of the molecule is CC1=C(CC2OCC(C=O)O2)C(C)(C)CC=C1. The van der Waals surface area contributed by atoms with Crippen molar-refractivity contribution in [3.63, 3.8) is 0 Å². The highest BCUT2D eigenvalue weighted by atomic mass is 16.7. The molecule has 1 saturated heterocycles. The molecule has 0 aromatic rings. The first-order valence-electron chi connectivity index (χ1n) is 6.12. The van der Waals surface area contributed by atoms with E-state index >= 15 is 0 Å². The van der Waals surface area contributed by atoms with Gasteiger partial charge in [-0.2, -0.15) is 0 Å². The summed E-state index contributed by atoms with van der Waals surface area (Å²) in [6, 6.07) is 0. The minimum atomic E-state index is -0.386. The fraction of sp³-hybridized carbons (Fsp3) is 0.643. The lowest BCUT2D eigenvalue weighted by molar-refractivity contribution is -0.119. The molecular weight excluding hydrogens is 216 g/mol. The standard InChI is InChI=1S/C14H20O3/c1-10-5-4-6-14(2,3)12(10)7-13-16-9-11(8-15)17-13/h4-5,8,11,13H,6-7,9H2,1-3H3. The lowest BCUT2D eigenvalue weighted by atomic mass is 9.74. The Morgan fingerprint density at radius 2 is 2.29 bits per heavy atom. The first kappa shape index (κ1) is 12.5. The molecule has 17 heavy (non-hydrogen) atoms. The predicted octanol–water partition coefficient (Wildman–Crippen LogP) is 2.62. The van der Waals surface area contributed by atoms with Crippen LogP contribution >= 0.6 is 0 Å². The zero-order chi connectivity index (χ0) is 12.5. The molecule has 2 atom stereocenters. The number of aldehydes is 1. The van der Waals surface area contributed by atoms with E-state index in [4.69, 9.17) is 9.47 Å². The number of rotatable bonds is 3. The molecule has 0 bridgehead atoms. The zero-order valence-electron chi connectivity index (χ0n) is 10.7. The average Bonchev–Trinajstić information content (AvgIpc) is 2.71. The Morgan fingerprint density at radius 1 is 1.53 bits per heavy atom. The molecule has 0 saturated carbocycles. The van der Waals surface area contributed by atoms with Gasteiger partial charge in [0.15, 0.2) is 12.6 Å². The third-order valence-corrected chi connectivity index (χ3v) is 3.58. The summed E-state index contributed by atoms with van der Waals surface area (Å²) in [5, 5.41) is 0. The highest BCUT2D eigenvalue weighted by molar-refractivity contribution is 5.56. The minimum absolute atomic E-state index is 0.158. The van der Waals surface area contributed by atoms with Crippen LogP contribution < -0.4 is 0 Å². The van der Waals surface area contributed by atoms with Crippen LogP contribution in [0.2, 0.25) is 0 Å². The van der Waals surface area contributed by atoms with E-state index in [-0.39, 0.29) is 17.8 Å². The normalized spacial score (nSPS) is 31.9. The molecule has 0 amide bonds. The number of ether oxygens (including phenoxy) is 2. The number of hydrogen-bond donors (Lipinski definition) is 0. The molecule has 2 rings (SSSR count). The first-order valence-corrected chi connectivity index (χ1v) is 6.12. The Balaban J connectivity index is 2.07. The third-order valence-electron chi connectivity index (χ3n) is 3.58. The fourth-order valence-electron chi connectivity index (χ4n) is 2.55. The van der Waals surface area contributed by atoms with Crippen molar-refractivity contribution in [1.29, 1.82) is 0 Å². The van der Waals surface area contributed by atoms with E-state index < -0.39 is 0 Å². The Bertz CT molecular complexity index is 366. The molecule has 94 valence electrons. The van der Waals surface area contributed by atoms with Gasteiger partial charge in [-0.25, -0.2) is 0 Å². The van der Waals surface area contributed by atoms with Gasteiger partial charge in [0.1, 0.15) is 6.10 Å². The van der Waals surface area contributed by atoms with Crippen LogP contribution in [0, 0.1) is 5.41 Å². The second-order valence-electron chi connectivity index (χ2n) is 5.43. The molecule has 3 nitrogen and oxygen atoms in total. The van der Waals surface area contributed by atoms with Crippen LogP contribution in [0.4, 0.5) is 0 Å². The van der Waals surface area contributed by atoms with Crippen LogP contribution in [0.25, 0.3) is 0 Å². The van der Waals surface area contributed by atoms with E-state index in [9.17, 15) is 4.79 Å². The summed E-state index contributed by atoms with van der Waals surface area (Å²) >= 11 is 0. The van der Waals surface area contributed by atoms with Crippen LogP contribution in [-0.2, 0) is 14.3 Å². The number of carbonyl (C=O) groups is 1. The van der Waals surface area contributed by atoms with Crippen molar-refractivity contribution < 1.29 is 14.3 Å². The molecule has 0 aromatic carbocycles.